The number of carbonyl (C=O) groups is 1. The normalized spacial score (nSPS) is 24.6. The molecule has 0 spiro atoms. The molecular weight excluding hydrogens is 385 g/mol. The van der Waals surface area contributed by atoms with Crippen LogP contribution in [0.4, 0.5) is 0 Å². The quantitative estimate of drug-likeness (QED) is 0.718. The van der Waals surface area contributed by atoms with Crippen molar-refractivity contribution in [2.75, 3.05) is 33.7 Å². The van der Waals surface area contributed by atoms with Gasteiger partial charge in [0.25, 0.3) is 0 Å². The van der Waals surface area contributed by atoms with Crippen molar-refractivity contribution in [3.8, 4) is 0 Å². The zero-order valence-electron chi connectivity index (χ0n) is 16.7. The van der Waals surface area contributed by atoms with Crippen LogP contribution in [-0.4, -0.2) is 59.9 Å². The van der Waals surface area contributed by atoms with Crippen LogP contribution < -0.4 is 10.6 Å². The van der Waals surface area contributed by atoms with E-state index in [1.54, 1.807) is 0 Å². The van der Waals surface area contributed by atoms with Gasteiger partial charge in [0.05, 0.1) is 12.1 Å². The number of aryl methyl sites for hydroxylation is 1. The maximum atomic E-state index is 12.9. The molecule has 1 aliphatic carbocycles. The van der Waals surface area contributed by atoms with Gasteiger partial charge < -0.3 is 15.5 Å². The van der Waals surface area contributed by atoms with E-state index in [0.29, 0.717) is 0 Å². The number of carbonyl (C=O) groups excluding carboxylic acids is 1. The maximum absolute atomic E-state index is 12.9. The van der Waals surface area contributed by atoms with E-state index in [1.165, 1.54) is 38.5 Å². The summed E-state index contributed by atoms with van der Waals surface area (Å²) in [5.74, 6) is 0.400. The Bertz CT molecular complexity index is 584. The van der Waals surface area contributed by atoms with Crippen molar-refractivity contribution in [3.05, 3.63) is 18.0 Å². The lowest BCUT2D eigenvalue weighted by Gasteiger charge is -2.40. The van der Waals surface area contributed by atoms with Crippen molar-refractivity contribution >= 4 is 30.7 Å². The first-order valence-corrected chi connectivity index (χ1v) is 9.66. The molecule has 8 heteroatoms. The number of likely N-dealkylation sites (N-methyl/N-ethyl adjacent to an activating group) is 1. The second-order valence-electron chi connectivity index (χ2n) is 8.07. The monoisotopic (exact) mass is 419 g/mol. The predicted octanol–water partition coefficient (Wildman–Crippen LogP) is 2.34. The highest BCUT2D eigenvalue weighted by atomic mass is 35.5. The lowest BCUT2D eigenvalue weighted by Crippen LogP contribution is -2.53. The Balaban J connectivity index is 0.00000182. The maximum Gasteiger partial charge on any atom is 0.225 e. The molecule has 1 saturated heterocycles. The molecule has 1 aromatic heterocycles. The Hall–Kier alpha value is -0.820. The summed E-state index contributed by atoms with van der Waals surface area (Å²) in [6.07, 6.45) is 11.4. The van der Waals surface area contributed by atoms with Crippen LogP contribution in [0.15, 0.2) is 12.4 Å². The lowest BCUT2D eigenvalue weighted by molar-refractivity contribution is -0.125. The van der Waals surface area contributed by atoms with Gasteiger partial charge in [0.15, 0.2) is 0 Å². The third-order valence-corrected chi connectivity index (χ3v) is 6.28. The second kappa shape index (κ2) is 10.6. The lowest BCUT2D eigenvalue weighted by atomic mass is 9.87. The highest BCUT2D eigenvalue weighted by Crippen LogP contribution is 2.32. The minimum absolute atomic E-state index is 0. The fourth-order valence-electron chi connectivity index (χ4n) is 4.49. The van der Waals surface area contributed by atoms with Gasteiger partial charge in [-0.3, -0.25) is 9.48 Å². The molecule has 27 heavy (non-hydrogen) atoms. The van der Waals surface area contributed by atoms with Crippen molar-refractivity contribution in [1.82, 2.24) is 25.3 Å². The first-order valence-electron chi connectivity index (χ1n) is 9.66. The number of rotatable bonds is 5. The summed E-state index contributed by atoms with van der Waals surface area (Å²) in [5.41, 5.74) is 1.27. The summed E-state index contributed by atoms with van der Waals surface area (Å²) in [4.78, 5) is 15.3. The van der Waals surface area contributed by atoms with Gasteiger partial charge in [0.1, 0.15) is 0 Å². The zero-order valence-corrected chi connectivity index (χ0v) is 18.4. The van der Waals surface area contributed by atoms with Crippen LogP contribution in [0.5, 0.6) is 0 Å². The highest BCUT2D eigenvalue weighted by Gasteiger charge is 2.37. The number of aromatic nitrogens is 2. The minimum atomic E-state index is -0.00538. The summed E-state index contributed by atoms with van der Waals surface area (Å²) < 4.78 is 1.81. The van der Waals surface area contributed by atoms with Gasteiger partial charge in [0.2, 0.25) is 5.91 Å². The molecule has 0 bridgehead atoms. The minimum Gasteiger partial charge on any atom is -0.354 e. The standard InChI is InChI=1S/C19H33N5O.2ClH/c1-23(2)19(8-6-4-5-7-9-19)14-21-18(25)17-12-20-11-16(17)15-10-22-24(3)13-15;;/h10,13,16-17,20H,4-9,11-12,14H2,1-3H3,(H,21,25);2*1H/t16-,17+;;/m1../s1. The molecule has 1 aliphatic heterocycles. The third-order valence-electron chi connectivity index (χ3n) is 6.28. The molecule has 6 nitrogen and oxygen atoms in total. The van der Waals surface area contributed by atoms with Crippen molar-refractivity contribution in [2.24, 2.45) is 13.0 Å². The molecule has 0 unspecified atom stereocenters. The van der Waals surface area contributed by atoms with Gasteiger partial charge in [0, 0.05) is 44.3 Å². The summed E-state index contributed by atoms with van der Waals surface area (Å²) >= 11 is 0. The van der Waals surface area contributed by atoms with Crippen LogP contribution in [0.3, 0.4) is 0 Å². The van der Waals surface area contributed by atoms with E-state index >= 15 is 0 Å². The first kappa shape index (κ1) is 24.2. The van der Waals surface area contributed by atoms with E-state index in [1.807, 2.05) is 24.1 Å². The van der Waals surface area contributed by atoms with Gasteiger partial charge >= 0.3 is 0 Å². The van der Waals surface area contributed by atoms with E-state index in [4.69, 9.17) is 0 Å². The van der Waals surface area contributed by atoms with Crippen LogP contribution in [0.2, 0.25) is 0 Å². The second-order valence-corrected chi connectivity index (χ2v) is 8.07. The molecule has 1 aromatic rings. The molecule has 156 valence electrons. The van der Waals surface area contributed by atoms with E-state index in [0.717, 1.165) is 25.2 Å². The van der Waals surface area contributed by atoms with E-state index < -0.39 is 0 Å². The molecule has 3 rings (SSSR count). The summed E-state index contributed by atoms with van der Waals surface area (Å²) in [7, 11) is 6.24. The molecule has 2 N–H and O–H groups in total. The number of amides is 1. The predicted molar refractivity (Wildman–Crippen MR) is 114 cm³/mol. The Labute approximate surface area is 175 Å². The van der Waals surface area contributed by atoms with E-state index in [-0.39, 0.29) is 48.1 Å². The largest absolute Gasteiger partial charge is 0.354 e. The molecule has 1 saturated carbocycles. The Morgan fingerprint density at radius 2 is 1.93 bits per heavy atom. The van der Waals surface area contributed by atoms with Crippen molar-refractivity contribution in [1.29, 1.82) is 0 Å². The molecule has 1 amide bonds. The Morgan fingerprint density at radius 1 is 1.26 bits per heavy atom. The number of halogens is 2. The van der Waals surface area contributed by atoms with Gasteiger partial charge in [-0.2, -0.15) is 5.10 Å². The fraction of sp³-hybridized carbons (Fsp3) is 0.789. The zero-order chi connectivity index (χ0) is 17.9. The molecule has 0 radical (unpaired) electrons. The molecule has 2 fully saturated rings. The SMILES string of the molecule is CN(C)C1(CNC(=O)[C@H]2CNC[C@@H]2c2cnn(C)c2)CCCCCC1.Cl.Cl. The Kier molecular flexibility index (Phi) is 9.55. The summed E-state index contributed by atoms with van der Waals surface area (Å²) in [5, 5.41) is 11.0. The molecule has 2 aliphatic rings. The number of hydrogen-bond acceptors (Lipinski definition) is 4. The highest BCUT2D eigenvalue weighted by molar-refractivity contribution is 5.85. The third kappa shape index (κ3) is 5.59. The van der Waals surface area contributed by atoms with Gasteiger partial charge in [-0.1, -0.05) is 25.7 Å². The van der Waals surface area contributed by atoms with Crippen LogP contribution in [0, 0.1) is 5.92 Å². The summed E-state index contributed by atoms with van der Waals surface area (Å²) in [6.45, 7) is 2.36. The van der Waals surface area contributed by atoms with Crippen molar-refractivity contribution in [2.45, 2.75) is 50.0 Å². The molecule has 0 aromatic carbocycles. The van der Waals surface area contributed by atoms with Gasteiger partial charge in [-0.25, -0.2) is 0 Å². The number of nitrogens with zero attached hydrogens (tertiary/aromatic N) is 3. The molecule has 2 atom stereocenters. The van der Waals surface area contributed by atoms with Crippen molar-refractivity contribution < 1.29 is 4.79 Å². The van der Waals surface area contributed by atoms with Crippen LogP contribution in [-0.2, 0) is 11.8 Å². The van der Waals surface area contributed by atoms with E-state index in [9.17, 15) is 4.79 Å². The molecule has 2 heterocycles. The first-order chi connectivity index (χ1) is 12.0. The van der Waals surface area contributed by atoms with Crippen LogP contribution in [0.1, 0.15) is 50.0 Å². The van der Waals surface area contributed by atoms with E-state index in [2.05, 4.69) is 34.7 Å². The average molecular weight is 420 g/mol. The summed E-state index contributed by atoms with van der Waals surface area (Å²) in [6, 6.07) is 0. The van der Waals surface area contributed by atoms with Crippen LogP contribution in [0.25, 0.3) is 0 Å². The average Bonchev–Trinajstić information content (AvgIpc) is 3.16. The number of nitrogens with one attached hydrogen (secondary N) is 2. The van der Waals surface area contributed by atoms with Gasteiger partial charge in [-0.15, -0.1) is 24.8 Å². The van der Waals surface area contributed by atoms with Crippen molar-refractivity contribution in [3.63, 3.8) is 0 Å². The topological polar surface area (TPSA) is 62.2 Å². The van der Waals surface area contributed by atoms with Crippen LogP contribution >= 0.6 is 24.8 Å². The number of hydrogen-bond donors (Lipinski definition) is 2. The molecular formula is C19H35Cl2N5O. The fourth-order valence-corrected chi connectivity index (χ4v) is 4.49. The Morgan fingerprint density at radius 3 is 2.48 bits per heavy atom. The van der Waals surface area contributed by atoms with Gasteiger partial charge in [-0.05, 0) is 32.5 Å². The smallest absolute Gasteiger partial charge is 0.225 e.